The lowest BCUT2D eigenvalue weighted by molar-refractivity contribution is 0.102. The molecule has 4 rings (SSSR count). The van der Waals surface area contributed by atoms with Crippen LogP contribution in [-0.4, -0.2) is 31.5 Å². The van der Waals surface area contributed by atoms with Gasteiger partial charge in [0, 0.05) is 12.1 Å². The quantitative estimate of drug-likeness (QED) is 0.795. The number of benzene rings is 1. The largest absolute Gasteiger partial charge is 0.486 e. The number of anilines is 2. The van der Waals surface area contributed by atoms with Gasteiger partial charge in [-0.3, -0.25) is 0 Å². The van der Waals surface area contributed by atoms with E-state index in [9.17, 15) is 0 Å². The number of nitrogen functional groups attached to an aromatic ring is 1. The van der Waals surface area contributed by atoms with Crippen LogP contribution >= 0.6 is 0 Å². The van der Waals surface area contributed by atoms with Gasteiger partial charge < -0.3 is 25.3 Å². The summed E-state index contributed by atoms with van der Waals surface area (Å²) in [6.07, 6.45) is 4.17. The summed E-state index contributed by atoms with van der Waals surface area (Å²) in [5.41, 5.74) is 7.70. The summed E-state index contributed by atoms with van der Waals surface area (Å²) in [6, 6.07) is 4.14. The molecular weight excluding hydrogens is 244 g/mol. The molecule has 3 aliphatic heterocycles. The van der Waals surface area contributed by atoms with Crippen LogP contribution in [0.1, 0.15) is 19.3 Å². The number of rotatable bonds is 2. The molecule has 0 radical (unpaired) electrons. The maximum Gasteiger partial charge on any atom is 0.163 e. The number of ether oxygens (including phenoxy) is 3. The first-order valence-corrected chi connectivity index (χ1v) is 6.91. The van der Waals surface area contributed by atoms with Crippen molar-refractivity contribution < 1.29 is 14.2 Å². The minimum Gasteiger partial charge on any atom is -0.486 e. The molecule has 2 fully saturated rings. The van der Waals surface area contributed by atoms with Gasteiger partial charge in [-0.2, -0.15) is 0 Å². The lowest BCUT2D eigenvalue weighted by Crippen LogP contribution is -2.30. The molecule has 3 N–H and O–H groups in total. The van der Waals surface area contributed by atoms with E-state index in [2.05, 4.69) is 5.32 Å². The molecule has 1 aromatic rings. The van der Waals surface area contributed by atoms with Crippen LogP contribution in [0.4, 0.5) is 11.4 Å². The average Bonchev–Trinajstić information content (AvgIpc) is 3.02. The molecule has 0 aromatic heterocycles. The van der Waals surface area contributed by atoms with Crippen LogP contribution in [0.2, 0.25) is 0 Å². The van der Waals surface area contributed by atoms with Gasteiger partial charge in [0.15, 0.2) is 11.5 Å². The third-order valence-corrected chi connectivity index (χ3v) is 4.16. The van der Waals surface area contributed by atoms with Crippen LogP contribution < -0.4 is 20.5 Å². The van der Waals surface area contributed by atoms with Crippen molar-refractivity contribution in [2.45, 2.75) is 37.5 Å². The SMILES string of the molecule is Nc1cc2c(cc1NC1CC3CCC1O3)OCCO2. The van der Waals surface area contributed by atoms with Crippen molar-refractivity contribution >= 4 is 11.4 Å². The fourth-order valence-electron chi connectivity index (χ4n) is 3.22. The van der Waals surface area contributed by atoms with Gasteiger partial charge in [0.1, 0.15) is 13.2 Å². The highest BCUT2D eigenvalue weighted by Crippen LogP contribution is 2.40. The molecule has 3 heterocycles. The second-order valence-electron chi connectivity index (χ2n) is 5.44. The summed E-state index contributed by atoms with van der Waals surface area (Å²) in [5.74, 6) is 1.51. The molecule has 2 saturated heterocycles. The molecule has 102 valence electrons. The monoisotopic (exact) mass is 262 g/mol. The van der Waals surface area contributed by atoms with Gasteiger partial charge in [-0.1, -0.05) is 0 Å². The maximum atomic E-state index is 6.08. The van der Waals surface area contributed by atoms with Crippen molar-refractivity contribution in [3.05, 3.63) is 12.1 Å². The Morgan fingerprint density at radius 2 is 1.89 bits per heavy atom. The lowest BCUT2D eigenvalue weighted by atomic mass is 9.95. The standard InChI is InChI=1S/C14H18N2O3/c15-9-6-13-14(18-4-3-17-13)7-10(9)16-11-5-8-1-2-12(11)19-8/h6-8,11-12,16H,1-5,15H2. The van der Waals surface area contributed by atoms with Crippen LogP contribution in [-0.2, 0) is 4.74 Å². The van der Waals surface area contributed by atoms with Gasteiger partial charge in [-0.05, 0) is 19.3 Å². The number of fused-ring (bicyclic) bond motifs is 3. The molecule has 5 heteroatoms. The minimum absolute atomic E-state index is 0.331. The predicted molar refractivity (Wildman–Crippen MR) is 71.8 cm³/mol. The van der Waals surface area contributed by atoms with E-state index >= 15 is 0 Å². The topological polar surface area (TPSA) is 65.7 Å². The van der Waals surface area contributed by atoms with Crippen LogP contribution in [0.3, 0.4) is 0 Å². The average molecular weight is 262 g/mol. The van der Waals surface area contributed by atoms with Crippen molar-refractivity contribution in [2.75, 3.05) is 24.3 Å². The third kappa shape index (κ3) is 1.89. The Morgan fingerprint density at radius 1 is 1.11 bits per heavy atom. The van der Waals surface area contributed by atoms with Gasteiger partial charge >= 0.3 is 0 Å². The smallest absolute Gasteiger partial charge is 0.163 e. The van der Waals surface area contributed by atoms with E-state index in [-0.39, 0.29) is 0 Å². The highest BCUT2D eigenvalue weighted by atomic mass is 16.6. The summed E-state index contributed by atoms with van der Waals surface area (Å²) in [5, 5.41) is 3.51. The number of hydrogen-bond donors (Lipinski definition) is 2. The summed E-state index contributed by atoms with van der Waals surface area (Å²) in [7, 11) is 0. The molecule has 19 heavy (non-hydrogen) atoms. The Bertz CT molecular complexity index is 506. The van der Waals surface area contributed by atoms with Crippen molar-refractivity contribution in [1.29, 1.82) is 0 Å². The normalized spacial score (nSPS) is 31.5. The summed E-state index contributed by atoms with van der Waals surface area (Å²) in [4.78, 5) is 0. The first kappa shape index (κ1) is 11.2. The molecule has 0 aliphatic carbocycles. The van der Waals surface area contributed by atoms with Gasteiger partial charge in [0.05, 0.1) is 29.6 Å². The van der Waals surface area contributed by atoms with E-state index in [1.807, 2.05) is 12.1 Å². The van der Waals surface area contributed by atoms with Crippen molar-refractivity contribution in [3.63, 3.8) is 0 Å². The zero-order valence-corrected chi connectivity index (χ0v) is 10.7. The minimum atomic E-state index is 0.331. The van der Waals surface area contributed by atoms with Crippen LogP contribution in [0.25, 0.3) is 0 Å². The lowest BCUT2D eigenvalue weighted by Gasteiger charge is -2.24. The Morgan fingerprint density at radius 3 is 2.58 bits per heavy atom. The molecule has 5 nitrogen and oxygen atoms in total. The second-order valence-corrected chi connectivity index (χ2v) is 5.44. The molecule has 0 spiro atoms. The first-order chi connectivity index (χ1) is 9.29. The van der Waals surface area contributed by atoms with Gasteiger partial charge in [0.25, 0.3) is 0 Å². The molecular formula is C14H18N2O3. The van der Waals surface area contributed by atoms with Crippen molar-refractivity contribution in [3.8, 4) is 11.5 Å². The van der Waals surface area contributed by atoms with E-state index in [0.717, 1.165) is 30.0 Å². The third-order valence-electron chi connectivity index (χ3n) is 4.16. The second kappa shape index (κ2) is 4.20. The Hall–Kier alpha value is -1.62. The van der Waals surface area contributed by atoms with Gasteiger partial charge in [-0.15, -0.1) is 0 Å². The Kier molecular flexibility index (Phi) is 2.48. The molecule has 1 aromatic carbocycles. The summed E-state index contributed by atoms with van der Waals surface area (Å²) < 4.78 is 17.0. The van der Waals surface area contributed by atoms with E-state index in [1.54, 1.807) is 0 Å². The van der Waals surface area contributed by atoms with Crippen LogP contribution in [0.5, 0.6) is 11.5 Å². The van der Waals surface area contributed by atoms with E-state index < -0.39 is 0 Å². The van der Waals surface area contributed by atoms with Crippen molar-refractivity contribution in [1.82, 2.24) is 0 Å². The molecule has 2 bridgehead atoms. The van der Waals surface area contributed by atoms with Crippen molar-refractivity contribution in [2.24, 2.45) is 0 Å². The molecule has 0 saturated carbocycles. The fraction of sp³-hybridized carbons (Fsp3) is 0.571. The summed E-state index contributed by atoms with van der Waals surface area (Å²) in [6.45, 7) is 1.17. The van der Waals surface area contributed by atoms with Gasteiger partial charge in [0.2, 0.25) is 0 Å². The Labute approximate surface area is 112 Å². The molecule has 3 aliphatic rings. The van der Waals surface area contributed by atoms with Gasteiger partial charge in [-0.25, -0.2) is 0 Å². The summed E-state index contributed by atoms with van der Waals surface area (Å²) >= 11 is 0. The van der Waals surface area contributed by atoms with E-state index in [1.165, 1.54) is 6.42 Å². The molecule has 0 amide bonds. The Balaban J connectivity index is 1.57. The fourth-order valence-corrected chi connectivity index (χ4v) is 3.22. The highest BCUT2D eigenvalue weighted by Gasteiger charge is 2.40. The van der Waals surface area contributed by atoms with Crippen LogP contribution in [0, 0.1) is 0 Å². The number of hydrogen-bond acceptors (Lipinski definition) is 5. The van der Waals surface area contributed by atoms with E-state index in [0.29, 0.717) is 37.2 Å². The zero-order valence-electron chi connectivity index (χ0n) is 10.7. The number of nitrogens with one attached hydrogen (secondary N) is 1. The van der Waals surface area contributed by atoms with E-state index in [4.69, 9.17) is 19.9 Å². The maximum absolute atomic E-state index is 6.08. The van der Waals surface area contributed by atoms with Crippen LogP contribution in [0.15, 0.2) is 12.1 Å². The zero-order chi connectivity index (χ0) is 12.8. The molecule has 3 unspecified atom stereocenters. The number of nitrogens with two attached hydrogens (primary N) is 1. The highest BCUT2D eigenvalue weighted by molar-refractivity contribution is 5.72. The molecule has 3 atom stereocenters. The predicted octanol–water partition coefficient (Wildman–Crippen LogP) is 1.77. The first-order valence-electron chi connectivity index (χ1n) is 6.91.